The fraction of sp³-hybridized carbons (Fsp3) is 0.308. The van der Waals surface area contributed by atoms with Crippen molar-refractivity contribution in [3.63, 3.8) is 0 Å². The lowest BCUT2D eigenvalue weighted by molar-refractivity contribution is 0.0996. The molecule has 74 valence electrons. The highest BCUT2D eigenvalue weighted by molar-refractivity contribution is 5.97. The molecular weight excluding hydrogens is 172 g/mol. The molecule has 0 saturated heterocycles. The van der Waals surface area contributed by atoms with Gasteiger partial charge in [0.1, 0.15) is 0 Å². The molecule has 0 aliphatic heterocycles. The number of aryl methyl sites for hydroxylation is 2. The summed E-state index contributed by atoms with van der Waals surface area (Å²) < 4.78 is 0. The molecule has 1 nitrogen and oxygen atoms in total. The third kappa shape index (κ3) is 2.11. The van der Waals surface area contributed by atoms with E-state index in [1.165, 1.54) is 16.7 Å². The van der Waals surface area contributed by atoms with E-state index in [0.29, 0.717) is 6.42 Å². The van der Waals surface area contributed by atoms with Crippen molar-refractivity contribution >= 4 is 5.78 Å². The molecule has 0 heterocycles. The van der Waals surface area contributed by atoms with Crippen LogP contribution < -0.4 is 0 Å². The monoisotopic (exact) mass is 188 g/mol. The zero-order chi connectivity index (χ0) is 10.7. The van der Waals surface area contributed by atoms with Gasteiger partial charge in [0, 0.05) is 12.0 Å². The number of benzene rings is 1. The third-order valence-electron chi connectivity index (χ3n) is 2.58. The van der Waals surface area contributed by atoms with Gasteiger partial charge in [0.15, 0.2) is 5.78 Å². The van der Waals surface area contributed by atoms with Crippen LogP contribution >= 0.6 is 0 Å². The number of carbonyl (C=O) groups is 1. The van der Waals surface area contributed by atoms with E-state index in [1.54, 1.807) is 6.08 Å². The van der Waals surface area contributed by atoms with Gasteiger partial charge in [-0.1, -0.05) is 6.08 Å². The van der Waals surface area contributed by atoms with E-state index in [4.69, 9.17) is 0 Å². The molecule has 0 unspecified atom stereocenters. The summed E-state index contributed by atoms with van der Waals surface area (Å²) in [7, 11) is 0. The molecule has 0 amide bonds. The van der Waals surface area contributed by atoms with Crippen LogP contribution in [0.15, 0.2) is 24.8 Å². The highest BCUT2D eigenvalue weighted by Crippen LogP contribution is 2.16. The first kappa shape index (κ1) is 10.7. The van der Waals surface area contributed by atoms with Crippen molar-refractivity contribution in [1.29, 1.82) is 0 Å². The number of hydrogen-bond donors (Lipinski definition) is 0. The fourth-order valence-electron chi connectivity index (χ4n) is 1.45. The number of rotatable bonds is 3. The van der Waals surface area contributed by atoms with Crippen LogP contribution in [0.3, 0.4) is 0 Å². The van der Waals surface area contributed by atoms with Crippen LogP contribution in [0.4, 0.5) is 0 Å². The Kier molecular flexibility index (Phi) is 3.23. The van der Waals surface area contributed by atoms with Crippen LogP contribution in [0.1, 0.15) is 33.5 Å². The SMILES string of the molecule is C=CCC(=O)c1cc(C)c(C)c(C)c1. The van der Waals surface area contributed by atoms with E-state index in [9.17, 15) is 4.79 Å². The van der Waals surface area contributed by atoms with Gasteiger partial charge in [-0.25, -0.2) is 0 Å². The van der Waals surface area contributed by atoms with Gasteiger partial charge in [-0.3, -0.25) is 4.79 Å². The van der Waals surface area contributed by atoms with Gasteiger partial charge in [0.25, 0.3) is 0 Å². The van der Waals surface area contributed by atoms with Crippen LogP contribution in [0.2, 0.25) is 0 Å². The topological polar surface area (TPSA) is 17.1 Å². The molecule has 0 fully saturated rings. The Balaban J connectivity index is 3.12. The number of ketones is 1. The third-order valence-corrected chi connectivity index (χ3v) is 2.58. The Morgan fingerprint density at radius 3 is 2.21 bits per heavy atom. The van der Waals surface area contributed by atoms with Gasteiger partial charge in [-0.15, -0.1) is 6.58 Å². The summed E-state index contributed by atoms with van der Waals surface area (Å²) in [5.74, 6) is 0.145. The smallest absolute Gasteiger partial charge is 0.166 e. The molecule has 1 heteroatoms. The van der Waals surface area contributed by atoms with Gasteiger partial charge in [0.05, 0.1) is 0 Å². The Morgan fingerprint density at radius 1 is 1.29 bits per heavy atom. The molecule has 14 heavy (non-hydrogen) atoms. The average Bonchev–Trinajstić information content (AvgIpc) is 2.13. The van der Waals surface area contributed by atoms with E-state index < -0.39 is 0 Å². The fourth-order valence-corrected chi connectivity index (χ4v) is 1.45. The molecule has 0 aliphatic carbocycles. The zero-order valence-corrected chi connectivity index (χ0v) is 9.05. The van der Waals surface area contributed by atoms with Crippen molar-refractivity contribution in [3.8, 4) is 0 Å². The molecule has 0 saturated carbocycles. The predicted molar refractivity (Wildman–Crippen MR) is 59.8 cm³/mol. The number of allylic oxidation sites excluding steroid dienone is 1. The predicted octanol–water partition coefficient (Wildman–Crippen LogP) is 3.37. The quantitative estimate of drug-likeness (QED) is 0.525. The minimum Gasteiger partial charge on any atom is -0.294 e. The van der Waals surface area contributed by atoms with Gasteiger partial charge in [0.2, 0.25) is 0 Å². The van der Waals surface area contributed by atoms with Gasteiger partial charge in [-0.05, 0) is 49.6 Å². The Bertz CT molecular complexity index is 352. The first-order chi connectivity index (χ1) is 6.56. The van der Waals surface area contributed by atoms with Gasteiger partial charge < -0.3 is 0 Å². The van der Waals surface area contributed by atoms with E-state index in [-0.39, 0.29) is 5.78 Å². The Hall–Kier alpha value is -1.37. The van der Waals surface area contributed by atoms with Crippen LogP contribution in [-0.2, 0) is 0 Å². The first-order valence-corrected chi connectivity index (χ1v) is 4.78. The largest absolute Gasteiger partial charge is 0.294 e. The lowest BCUT2D eigenvalue weighted by Crippen LogP contribution is -2.00. The highest BCUT2D eigenvalue weighted by atomic mass is 16.1. The summed E-state index contributed by atoms with van der Waals surface area (Å²) in [5, 5.41) is 0. The molecule has 0 aliphatic rings. The molecule has 0 N–H and O–H groups in total. The molecule has 1 aromatic rings. The minimum absolute atomic E-state index is 0.145. The molecule has 0 bridgehead atoms. The van der Waals surface area contributed by atoms with Crippen molar-refractivity contribution in [2.45, 2.75) is 27.2 Å². The molecule has 1 rings (SSSR count). The molecule has 0 spiro atoms. The maximum atomic E-state index is 11.6. The van der Waals surface area contributed by atoms with Crippen LogP contribution in [0, 0.1) is 20.8 Å². The first-order valence-electron chi connectivity index (χ1n) is 4.78. The Labute approximate surface area is 85.5 Å². The van der Waals surface area contributed by atoms with Gasteiger partial charge in [-0.2, -0.15) is 0 Å². The van der Waals surface area contributed by atoms with Crippen molar-refractivity contribution in [2.75, 3.05) is 0 Å². The highest BCUT2D eigenvalue weighted by Gasteiger charge is 2.06. The second-order valence-corrected chi connectivity index (χ2v) is 3.65. The van der Waals surface area contributed by atoms with Crippen LogP contribution in [0.25, 0.3) is 0 Å². The summed E-state index contributed by atoms with van der Waals surface area (Å²) in [4.78, 5) is 11.6. The summed E-state index contributed by atoms with van der Waals surface area (Å²) in [5.41, 5.74) is 4.42. The standard InChI is InChI=1S/C13H16O/c1-5-6-13(14)12-7-9(2)11(4)10(3)8-12/h5,7-8H,1,6H2,2-4H3. The molecular formula is C13H16O. The van der Waals surface area contributed by atoms with Crippen molar-refractivity contribution < 1.29 is 4.79 Å². The molecule has 1 aromatic carbocycles. The van der Waals surface area contributed by atoms with Crippen LogP contribution in [0.5, 0.6) is 0 Å². The lowest BCUT2D eigenvalue weighted by atomic mass is 9.98. The summed E-state index contributed by atoms with van der Waals surface area (Å²) >= 11 is 0. The van der Waals surface area contributed by atoms with E-state index in [2.05, 4.69) is 13.5 Å². The molecule has 0 radical (unpaired) electrons. The maximum absolute atomic E-state index is 11.6. The summed E-state index contributed by atoms with van der Waals surface area (Å²) in [6.07, 6.45) is 2.06. The van der Waals surface area contributed by atoms with Crippen LogP contribution in [-0.4, -0.2) is 5.78 Å². The molecule has 0 atom stereocenters. The number of carbonyl (C=O) groups excluding carboxylic acids is 1. The normalized spacial score (nSPS) is 9.93. The van der Waals surface area contributed by atoms with Crippen molar-refractivity contribution in [1.82, 2.24) is 0 Å². The number of Topliss-reactive ketones (excluding diaryl/α,β-unsaturated/α-hetero) is 1. The summed E-state index contributed by atoms with van der Waals surface area (Å²) in [6.45, 7) is 9.71. The Morgan fingerprint density at radius 2 is 1.79 bits per heavy atom. The minimum atomic E-state index is 0.145. The average molecular weight is 188 g/mol. The van der Waals surface area contributed by atoms with Gasteiger partial charge >= 0.3 is 0 Å². The van der Waals surface area contributed by atoms with Crippen molar-refractivity contribution in [2.24, 2.45) is 0 Å². The van der Waals surface area contributed by atoms with E-state index in [0.717, 1.165) is 5.56 Å². The van der Waals surface area contributed by atoms with E-state index >= 15 is 0 Å². The summed E-state index contributed by atoms with van der Waals surface area (Å²) in [6, 6.07) is 3.91. The second-order valence-electron chi connectivity index (χ2n) is 3.65. The molecule has 0 aromatic heterocycles. The zero-order valence-electron chi connectivity index (χ0n) is 9.05. The number of hydrogen-bond acceptors (Lipinski definition) is 1. The second kappa shape index (κ2) is 4.23. The van der Waals surface area contributed by atoms with E-state index in [1.807, 2.05) is 26.0 Å². The van der Waals surface area contributed by atoms with Crippen molar-refractivity contribution in [3.05, 3.63) is 47.0 Å². The lowest BCUT2D eigenvalue weighted by Gasteiger charge is -2.07. The maximum Gasteiger partial charge on any atom is 0.166 e.